The summed E-state index contributed by atoms with van der Waals surface area (Å²) in [5.41, 5.74) is -0.132. The van der Waals surface area contributed by atoms with Gasteiger partial charge in [0.05, 0.1) is 23.1 Å². The molecule has 44 heavy (non-hydrogen) atoms. The molecule has 1 saturated heterocycles. The molecule has 3 aromatic carbocycles. The van der Waals surface area contributed by atoms with E-state index in [9.17, 15) is 40.3 Å². The summed E-state index contributed by atoms with van der Waals surface area (Å²) in [7, 11) is -4.46. The van der Waals surface area contributed by atoms with Gasteiger partial charge in [-0.05, 0) is 81.4 Å². The molecule has 0 bridgehead atoms. The lowest BCUT2D eigenvalue weighted by atomic mass is 9.97. The normalized spacial score (nSPS) is 19.8. The lowest BCUT2D eigenvalue weighted by Crippen LogP contribution is -2.60. The van der Waals surface area contributed by atoms with E-state index in [0.29, 0.717) is 21.8 Å². The van der Waals surface area contributed by atoms with Crippen LogP contribution in [0.15, 0.2) is 65.6 Å². The highest BCUT2D eigenvalue weighted by Crippen LogP contribution is 2.37. The summed E-state index contributed by atoms with van der Waals surface area (Å²) in [4.78, 5) is 14.0. The molecule has 0 unspecified atom stereocenters. The average Bonchev–Trinajstić information content (AvgIpc) is 3.20. The van der Waals surface area contributed by atoms with Gasteiger partial charge in [-0.25, -0.2) is 26.7 Å². The highest BCUT2D eigenvalue weighted by Gasteiger charge is 2.43. The predicted octanol–water partition coefficient (Wildman–Crippen LogP) is 5.47. The van der Waals surface area contributed by atoms with Gasteiger partial charge in [0, 0.05) is 34.9 Å². The lowest BCUT2D eigenvalue weighted by molar-refractivity contribution is -0.274. The first-order chi connectivity index (χ1) is 20.4. The van der Waals surface area contributed by atoms with E-state index in [2.05, 4.69) is 9.46 Å². The third-order valence-electron chi connectivity index (χ3n) is 7.01. The molecule has 0 spiro atoms. The summed E-state index contributed by atoms with van der Waals surface area (Å²) in [6.45, 7) is 4.43. The molecular formula is C29H28F5N3O6S. The third-order valence-corrected chi connectivity index (χ3v) is 8.52. The number of nitrogens with one attached hydrogen (secondary N) is 1. The molecule has 2 heterocycles. The Bertz CT molecular complexity index is 1760. The minimum absolute atomic E-state index is 0.161. The number of amides is 1. The number of carbonyl (C=O) groups excluding carboxylic acids is 1. The summed E-state index contributed by atoms with van der Waals surface area (Å²) in [6, 6.07) is 8.72. The van der Waals surface area contributed by atoms with Gasteiger partial charge in [0.15, 0.2) is 0 Å². The van der Waals surface area contributed by atoms with Crippen molar-refractivity contribution in [3.63, 3.8) is 0 Å². The largest absolute Gasteiger partial charge is 0.573 e. The Kier molecular flexibility index (Phi) is 8.01. The zero-order chi connectivity index (χ0) is 32.2. The number of hydrogen-bond acceptors (Lipinski definition) is 6. The molecule has 0 radical (unpaired) electrons. The molecule has 0 saturated carbocycles. The average molecular weight is 642 g/mol. The van der Waals surface area contributed by atoms with Gasteiger partial charge in [0.1, 0.15) is 23.0 Å². The van der Waals surface area contributed by atoms with E-state index < -0.39 is 68.5 Å². The number of halogens is 5. The number of ether oxygens (including phenoxy) is 2. The Morgan fingerprint density at radius 2 is 1.45 bits per heavy atom. The molecule has 1 aliphatic heterocycles. The topological polar surface area (TPSA) is 110 Å². The standard InChI is InChI=1S/C29H28F5N3O6S/c1-28(2,3)43-27(39)36-14-22(35-44(40,41)19-8-6-18(7-9-19)42-29(32,33)34)26(38)25(15-36)37-23-10-4-16(30)12-20(23)21-13-17(31)5-11-24(21)37/h4-13,22,25-26,35,38H,14-15H2,1-3H3/t22-,25-,26+/m1/s1. The molecule has 1 aromatic heterocycles. The first-order valence-corrected chi connectivity index (χ1v) is 14.8. The maximum atomic E-state index is 14.3. The number of aliphatic hydroxyl groups is 1. The van der Waals surface area contributed by atoms with Crippen LogP contribution in [0.4, 0.5) is 26.7 Å². The van der Waals surface area contributed by atoms with Crippen molar-refractivity contribution in [2.45, 2.75) is 55.8 Å². The number of carbonyl (C=O) groups is 1. The fraction of sp³-hybridized carbons (Fsp3) is 0.345. The first-order valence-electron chi connectivity index (χ1n) is 13.3. The second-order valence-corrected chi connectivity index (χ2v) is 13.1. The van der Waals surface area contributed by atoms with E-state index in [1.54, 1.807) is 25.3 Å². The molecule has 4 aromatic rings. The van der Waals surface area contributed by atoms with Crippen LogP contribution in [0.5, 0.6) is 5.75 Å². The number of aliphatic hydroxyl groups excluding tert-OH is 1. The molecule has 236 valence electrons. The van der Waals surface area contributed by atoms with E-state index in [0.717, 1.165) is 24.3 Å². The molecule has 5 rings (SSSR count). The number of hydrogen-bond donors (Lipinski definition) is 2. The maximum Gasteiger partial charge on any atom is 0.573 e. The van der Waals surface area contributed by atoms with Crippen molar-refractivity contribution in [3.8, 4) is 5.75 Å². The number of benzene rings is 3. The van der Waals surface area contributed by atoms with Gasteiger partial charge in [-0.1, -0.05) is 0 Å². The number of sulfonamides is 1. The van der Waals surface area contributed by atoms with Gasteiger partial charge in [0.25, 0.3) is 0 Å². The van der Waals surface area contributed by atoms with Crippen LogP contribution in [0.1, 0.15) is 26.8 Å². The molecule has 3 atom stereocenters. The minimum Gasteiger partial charge on any atom is -0.444 e. The number of piperidine rings is 1. The molecule has 1 amide bonds. The van der Waals surface area contributed by atoms with E-state index >= 15 is 0 Å². The van der Waals surface area contributed by atoms with Crippen LogP contribution in [0.25, 0.3) is 21.8 Å². The lowest BCUT2D eigenvalue weighted by Gasteiger charge is -2.42. The van der Waals surface area contributed by atoms with E-state index in [1.165, 1.54) is 41.3 Å². The van der Waals surface area contributed by atoms with Gasteiger partial charge in [-0.15, -0.1) is 13.2 Å². The van der Waals surface area contributed by atoms with E-state index in [4.69, 9.17) is 4.74 Å². The molecule has 2 N–H and O–H groups in total. The zero-order valence-corrected chi connectivity index (χ0v) is 24.4. The SMILES string of the molecule is CC(C)(C)OC(=O)N1C[C@@H](n2c3ccc(F)cc3c3cc(F)ccc32)[C@@H](O)[C@H](NS(=O)(=O)c2ccc(OC(F)(F)F)cc2)C1. The van der Waals surface area contributed by atoms with Crippen LogP contribution in [0.3, 0.4) is 0 Å². The Balaban J connectivity index is 1.56. The van der Waals surface area contributed by atoms with Crippen LogP contribution in [-0.4, -0.2) is 66.3 Å². The number of aromatic nitrogens is 1. The predicted molar refractivity (Wildman–Crippen MR) is 149 cm³/mol. The first kappa shape index (κ1) is 31.5. The molecule has 0 aliphatic carbocycles. The summed E-state index contributed by atoms with van der Waals surface area (Å²) in [6.07, 6.45) is -7.27. The second kappa shape index (κ2) is 11.2. The Morgan fingerprint density at radius 1 is 0.909 bits per heavy atom. The molecular weight excluding hydrogens is 613 g/mol. The smallest absolute Gasteiger partial charge is 0.444 e. The van der Waals surface area contributed by atoms with Crippen molar-refractivity contribution < 1.29 is 49.7 Å². The van der Waals surface area contributed by atoms with Crippen molar-refractivity contribution in [1.29, 1.82) is 0 Å². The maximum absolute atomic E-state index is 14.3. The Morgan fingerprint density at radius 3 is 1.95 bits per heavy atom. The van der Waals surface area contributed by atoms with E-state index in [-0.39, 0.29) is 13.1 Å². The van der Waals surface area contributed by atoms with Crippen LogP contribution >= 0.6 is 0 Å². The summed E-state index contributed by atoms with van der Waals surface area (Å²) >= 11 is 0. The Labute approximate surface area is 248 Å². The highest BCUT2D eigenvalue weighted by atomic mass is 32.2. The number of alkyl halides is 3. The Hall–Kier alpha value is -3.95. The van der Waals surface area contributed by atoms with Crippen molar-refractivity contribution >= 4 is 37.9 Å². The van der Waals surface area contributed by atoms with Gasteiger partial charge in [0.2, 0.25) is 10.0 Å². The zero-order valence-electron chi connectivity index (χ0n) is 23.6. The molecule has 1 fully saturated rings. The summed E-state index contributed by atoms with van der Waals surface area (Å²) in [5, 5.41) is 12.3. The van der Waals surface area contributed by atoms with Crippen molar-refractivity contribution in [2.75, 3.05) is 13.1 Å². The van der Waals surface area contributed by atoms with Gasteiger partial charge < -0.3 is 24.0 Å². The fourth-order valence-electron chi connectivity index (χ4n) is 5.28. The minimum atomic E-state index is -4.98. The van der Waals surface area contributed by atoms with Gasteiger partial charge in [-0.2, -0.15) is 0 Å². The molecule has 9 nitrogen and oxygen atoms in total. The van der Waals surface area contributed by atoms with Crippen LogP contribution in [0, 0.1) is 11.6 Å². The van der Waals surface area contributed by atoms with Crippen LogP contribution < -0.4 is 9.46 Å². The summed E-state index contributed by atoms with van der Waals surface area (Å²) < 4.78 is 106. The highest BCUT2D eigenvalue weighted by molar-refractivity contribution is 7.89. The van der Waals surface area contributed by atoms with Crippen molar-refractivity contribution in [1.82, 2.24) is 14.2 Å². The third kappa shape index (κ3) is 6.59. The van der Waals surface area contributed by atoms with Crippen molar-refractivity contribution in [2.24, 2.45) is 0 Å². The number of nitrogens with zero attached hydrogens (tertiary/aromatic N) is 2. The number of rotatable bonds is 5. The quantitative estimate of drug-likeness (QED) is 0.280. The molecule has 1 aliphatic rings. The fourth-order valence-corrected chi connectivity index (χ4v) is 6.52. The summed E-state index contributed by atoms with van der Waals surface area (Å²) in [5.74, 6) is -1.81. The van der Waals surface area contributed by atoms with Gasteiger partial charge in [-0.3, -0.25) is 0 Å². The number of likely N-dealkylation sites (tertiary alicyclic amines) is 1. The van der Waals surface area contributed by atoms with Crippen molar-refractivity contribution in [3.05, 3.63) is 72.3 Å². The van der Waals surface area contributed by atoms with Crippen LogP contribution in [0.2, 0.25) is 0 Å². The second-order valence-electron chi connectivity index (χ2n) is 11.4. The number of fused-ring (bicyclic) bond motifs is 3. The van der Waals surface area contributed by atoms with Gasteiger partial charge >= 0.3 is 12.5 Å². The monoisotopic (exact) mass is 641 g/mol. The van der Waals surface area contributed by atoms with E-state index in [1.807, 2.05) is 0 Å². The van der Waals surface area contributed by atoms with Crippen LogP contribution in [-0.2, 0) is 14.8 Å². The molecule has 15 heteroatoms.